The number of aromatic nitrogens is 1. The Morgan fingerprint density at radius 3 is 2.65 bits per heavy atom. The molecule has 3 heterocycles. The van der Waals surface area contributed by atoms with Crippen molar-refractivity contribution in [2.75, 3.05) is 7.05 Å². The predicted molar refractivity (Wildman–Crippen MR) is 101 cm³/mol. The van der Waals surface area contributed by atoms with Gasteiger partial charge >= 0.3 is 0 Å². The van der Waals surface area contributed by atoms with E-state index in [1.165, 1.54) is 12.1 Å². The van der Waals surface area contributed by atoms with Crippen LogP contribution in [0.1, 0.15) is 22.9 Å². The summed E-state index contributed by atoms with van der Waals surface area (Å²) in [6, 6.07) is 14.0. The molecule has 1 fully saturated rings. The molecule has 1 saturated heterocycles. The van der Waals surface area contributed by atoms with E-state index in [2.05, 4.69) is 11.1 Å². The third kappa shape index (κ3) is 1.99. The zero-order valence-corrected chi connectivity index (χ0v) is 14.9. The molecule has 4 nitrogen and oxygen atoms in total. The molecule has 0 saturated carbocycles. The summed E-state index contributed by atoms with van der Waals surface area (Å²) in [7, 11) is 1.72. The van der Waals surface area contributed by atoms with E-state index < -0.39 is 0 Å². The largest absolute Gasteiger partial charge is 0.356 e. The van der Waals surface area contributed by atoms with Crippen LogP contribution in [0.3, 0.4) is 0 Å². The van der Waals surface area contributed by atoms with Crippen molar-refractivity contribution in [2.24, 2.45) is 0 Å². The minimum absolute atomic E-state index is 0.0121. The lowest BCUT2D eigenvalue weighted by atomic mass is 9.89. The van der Waals surface area contributed by atoms with Gasteiger partial charge in [-0.1, -0.05) is 30.3 Å². The molecule has 130 valence electrons. The first-order chi connectivity index (χ1) is 12.6. The number of carbonyl (C=O) groups is 1. The molecule has 2 atom stereocenters. The molecule has 2 aromatic carbocycles. The van der Waals surface area contributed by atoms with E-state index in [1.54, 1.807) is 24.1 Å². The predicted octanol–water partition coefficient (Wildman–Crippen LogP) is 3.38. The van der Waals surface area contributed by atoms with Gasteiger partial charge in [0.2, 0.25) is 0 Å². The van der Waals surface area contributed by atoms with Crippen molar-refractivity contribution in [1.82, 2.24) is 14.8 Å². The molecule has 3 aromatic rings. The maximum absolute atomic E-state index is 13.5. The molecule has 2 aliphatic rings. The highest BCUT2D eigenvalue weighted by Gasteiger charge is 2.49. The number of nitrogens with one attached hydrogen (secondary N) is 1. The summed E-state index contributed by atoms with van der Waals surface area (Å²) in [6.07, 6.45) is 0.611. The average molecular weight is 365 g/mol. The van der Waals surface area contributed by atoms with Crippen LogP contribution < -0.4 is 0 Å². The summed E-state index contributed by atoms with van der Waals surface area (Å²) < 4.78 is 13.5. The zero-order valence-electron chi connectivity index (χ0n) is 14.1. The molecule has 0 radical (unpaired) electrons. The molecule has 0 bridgehead atoms. The molecule has 5 rings (SSSR count). The van der Waals surface area contributed by atoms with Crippen LogP contribution in [0.25, 0.3) is 10.9 Å². The summed E-state index contributed by atoms with van der Waals surface area (Å²) in [5.74, 6) is -0.270. The number of carbonyl (C=O) groups excluding carboxylic acids is 1. The molecule has 2 unspecified atom stereocenters. The fourth-order valence-electron chi connectivity index (χ4n) is 4.20. The summed E-state index contributed by atoms with van der Waals surface area (Å²) in [4.78, 5) is 19.8. The fraction of sp³-hybridized carbons (Fsp3) is 0.200. The van der Waals surface area contributed by atoms with Gasteiger partial charge in [0.15, 0.2) is 5.11 Å². The maximum Gasteiger partial charge on any atom is 0.251 e. The lowest BCUT2D eigenvalue weighted by Gasteiger charge is -2.37. The van der Waals surface area contributed by atoms with Gasteiger partial charge in [-0.3, -0.25) is 9.69 Å². The van der Waals surface area contributed by atoms with Gasteiger partial charge in [0.05, 0.1) is 6.04 Å². The van der Waals surface area contributed by atoms with E-state index in [-0.39, 0.29) is 23.8 Å². The van der Waals surface area contributed by atoms with Crippen molar-refractivity contribution < 1.29 is 9.18 Å². The van der Waals surface area contributed by atoms with E-state index in [0.717, 1.165) is 27.7 Å². The molecule has 1 N–H and O–H groups in total. The SMILES string of the molecule is CN1C(=O)C2Cc3c([nH]c4ccccc34)C(c3ccc(F)cc3)N2C1=S. The van der Waals surface area contributed by atoms with Gasteiger partial charge in [0, 0.05) is 30.1 Å². The van der Waals surface area contributed by atoms with Gasteiger partial charge in [-0.15, -0.1) is 0 Å². The number of benzene rings is 2. The number of H-pyrrole nitrogens is 1. The van der Waals surface area contributed by atoms with Gasteiger partial charge in [0.1, 0.15) is 11.9 Å². The molecule has 0 spiro atoms. The minimum Gasteiger partial charge on any atom is -0.356 e. The van der Waals surface area contributed by atoms with Crippen LogP contribution in [-0.2, 0) is 11.2 Å². The second kappa shape index (κ2) is 5.38. The van der Waals surface area contributed by atoms with Gasteiger partial charge in [-0.05, 0) is 41.5 Å². The molecular formula is C20H16FN3OS. The van der Waals surface area contributed by atoms with Crippen molar-refractivity contribution in [3.63, 3.8) is 0 Å². The standard InChI is InChI=1S/C20H16FN3OS/c1-23-19(25)16-10-14-13-4-2-3-5-15(13)22-17(14)18(24(16)20(23)26)11-6-8-12(21)9-7-11/h2-9,16,18,22H,10H2,1H3. The van der Waals surface area contributed by atoms with Gasteiger partial charge in [-0.2, -0.15) is 0 Å². The first-order valence-electron chi connectivity index (χ1n) is 8.51. The monoisotopic (exact) mass is 365 g/mol. The van der Waals surface area contributed by atoms with Crippen LogP contribution in [0.2, 0.25) is 0 Å². The molecule has 6 heteroatoms. The molecule has 2 aliphatic heterocycles. The smallest absolute Gasteiger partial charge is 0.251 e. The Labute approximate surface area is 155 Å². The average Bonchev–Trinajstić information content (AvgIpc) is 3.13. The number of hydrogen-bond donors (Lipinski definition) is 1. The van der Waals surface area contributed by atoms with Crippen LogP contribution in [-0.4, -0.2) is 38.9 Å². The van der Waals surface area contributed by atoms with Gasteiger partial charge in [-0.25, -0.2) is 4.39 Å². The van der Waals surface area contributed by atoms with Crippen LogP contribution in [0, 0.1) is 5.82 Å². The molecule has 0 aliphatic carbocycles. The second-order valence-corrected chi connectivity index (χ2v) is 7.19. The van der Waals surface area contributed by atoms with E-state index in [0.29, 0.717) is 11.5 Å². The van der Waals surface area contributed by atoms with Crippen LogP contribution in [0.5, 0.6) is 0 Å². The summed E-state index contributed by atoms with van der Waals surface area (Å²) in [5, 5.41) is 1.64. The number of fused-ring (bicyclic) bond motifs is 4. The Kier molecular flexibility index (Phi) is 3.21. The van der Waals surface area contributed by atoms with E-state index in [9.17, 15) is 9.18 Å². The van der Waals surface area contributed by atoms with Crippen LogP contribution in [0.4, 0.5) is 4.39 Å². The number of amides is 1. The third-order valence-corrected chi connectivity index (χ3v) is 5.93. The third-order valence-electron chi connectivity index (χ3n) is 5.44. The summed E-state index contributed by atoms with van der Waals surface area (Å²) >= 11 is 5.57. The Morgan fingerprint density at radius 1 is 1.15 bits per heavy atom. The van der Waals surface area contributed by atoms with Crippen LogP contribution >= 0.6 is 12.2 Å². The lowest BCUT2D eigenvalue weighted by Crippen LogP contribution is -2.44. The topological polar surface area (TPSA) is 39.3 Å². The Balaban J connectivity index is 1.77. The van der Waals surface area contributed by atoms with Crippen molar-refractivity contribution >= 4 is 34.1 Å². The first-order valence-corrected chi connectivity index (χ1v) is 8.92. The highest BCUT2D eigenvalue weighted by Crippen LogP contribution is 2.43. The summed E-state index contributed by atoms with van der Waals surface area (Å²) in [6.45, 7) is 0. The van der Waals surface area contributed by atoms with Crippen molar-refractivity contribution in [1.29, 1.82) is 0 Å². The number of para-hydroxylation sites is 1. The second-order valence-electron chi connectivity index (χ2n) is 6.82. The van der Waals surface area contributed by atoms with Crippen molar-refractivity contribution in [3.8, 4) is 0 Å². The van der Waals surface area contributed by atoms with Gasteiger partial charge in [0.25, 0.3) is 5.91 Å². The molecule has 1 amide bonds. The molecule has 1 aromatic heterocycles. The Hall–Kier alpha value is -2.73. The highest BCUT2D eigenvalue weighted by atomic mass is 32.1. The first kappa shape index (κ1) is 15.5. The van der Waals surface area contributed by atoms with Crippen LogP contribution in [0.15, 0.2) is 48.5 Å². The summed E-state index contributed by atoms with van der Waals surface area (Å²) in [5.41, 5.74) is 4.12. The van der Waals surface area contributed by atoms with E-state index >= 15 is 0 Å². The minimum atomic E-state index is -0.325. The Morgan fingerprint density at radius 2 is 1.88 bits per heavy atom. The molecular weight excluding hydrogens is 349 g/mol. The number of aromatic amines is 1. The van der Waals surface area contributed by atoms with E-state index in [4.69, 9.17) is 12.2 Å². The van der Waals surface area contributed by atoms with Crippen molar-refractivity contribution in [2.45, 2.75) is 18.5 Å². The Bertz CT molecular complexity index is 1060. The normalized spacial score (nSPS) is 22.1. The number of thiocarbonyl (C=S) groups is 1. The number of nitrogens with zero attached hydrogens (tertiary/aromatic N) is 2. The fourth-order valence-corrected chi connectivity index (χ4v) is 4.52. The lowest BCUT2D eigenvalue weighted by molar-refractivity contribution is -0.127. The quantitative estimate of drug-likeness (QED) is 0.672. The number of rotatable bonds is 1. The van der Waals surface area contributed by atoms with E-state index in [1.807, 2.05) is 23.1 Å². The number of halogens is 1. The number of hydrogen-bond acceptors (Lipinski definition) is 2. The van der Waals surface area contributed by atoms with Crippen molar-refractivity contribution in [3.05, 3.63) is 71.2 Å². The number of likely N-dealkylation sites (N-methyl/N-ethyl adjacent to an activating group) is 1. The molecule has 26 heavy (non-hydrogen) atoms. The van der Waals surface area contributed by atoms with Gasteiger partial charge < -0.3 is 9.88 Å². The highest BCUT2D eigenvalue weighted by molar-refractivity contribution is 7.80. The zero-order chi connectivity index (χ0) is 18.0. The maximum atomic E-state index is 13.5.